The molecule has 1 aliphatic rings. The number of nitrogens with two attached hydrogens (primary N) is 1. The lowest BCUT2D eigenvalue weighted by molar-refractivity contribution is -0.133. The molecule has 1 saturated heterocycles. The Hall–Kier alpha value is -2.04. The molecule has 17 heavy (non-hydrogen) atoms. The molecule has 1 fully saturated rings. The first-order valence-electron chi connectivity index (χ1n) is 5.53. The molecule has 4 N–H and O–H groups in total. The third-order valence-corrected chi connectivity index (χ3v) is 2.89. The number of imide groups is 1. The van der Waals surface area contributed by atoms with Crippen LogP contribution in [0, 0.1) is 6.92 Å². The number of rotatable bonds is 2. The molecule has 2 amide bonds. The molecule has 1 aromatic carbocycles. The van der Waals surface area contributed by atoms with Gasteiger partial charge in [0.1, 0.15) is 6.04 Å². The van der Waals surface area contributed by atoms with Crippen LogP contribution in [0.4, 0.5) is 11.4 Å². The molecule has 90 valence electrons. The zero-order chi connectivity index (χ0) is 12.4. The molecule has 5 nitrogen and oxygen atoms in total. The van der Waals surface area contributed by atoms with E-state index in [1.807, 2.05) is 25.1 Å². The van der Waals surface area contributed by atoms with Gasteiger partial charge in [0, 0.05) is 6.42 Å². The van der Waals surface area contributed by atoms with Crippen molar-refractivity contribution in [1.29, 1.82) is 0 Å². The number of nitrogens with one attached hydrogen (secondary N) is 2. The molecule has 1 heterocycles. The fourth-order valence-corrected chi connectivity index (χ4v) is 1.83. The second-order valence-electron chi connectivity index (χ2n) is 4.18. The van der Waals surface area contributed by atoms with Gasteiger partial charge in [0.05, 0.1) is 11.4 Å². The molecular weight excluding hydrogens is 218 g/mol. The van der Waals surface area contributed by atoms with Gasteiger partial charge in [-0.2, -0.15) is 0 Å². The number of nitrogen functional groups attached to an aromatic ring is 1. The first-order chi connectivity index (χ1) is 8.08. The van der Waals surface area contributed by atoms with E-state index in [-0.39, 0.29) is 11.8 Å². The second-order valence-corrected chi connectivity index (χ2v) is 4.18. The van der Waals surface area contributed by atoms with E-state index in [2.05, 4.69) is 10.6 Å². The van der Waals surface area contributed by atoms with E-state index in [0.29, 0.717) is 18.5 Å². The third-order valence-electron chi connectivity index (χ3n) is 2.89. The van der Waals surface area contributed by atoms with Gasteiger partial charge in [-0.3, -0.25) is 14.9 Å². The molecule has 0 aromatic heterocycles. The minimum atomic E-state index is -0.392. The molecule has 0 radical (unpaired) electrons. The summed E-state index contributed by atoms with van der Waals surface area (Å²) in [5.41, 5.74) is 8.24. The van der Waals surface area contributed by atoms with Gasteiger partial charge in [-0.05, 0) is 25.0 Å². The number of hydrogen-bond acceptors (Lipinski definition) is 4. The highest BCUT2D eigenvalue weighted by molar-refractivity contribution is 6.01. The zero-order valence-electron chi connectivity index (χ0n) is 9.62. The quantitative estimate of drug-likeness (QED) is 0.521. The number of anilines is 2. The van der Waals surface area contributed by atoms with Crippen molar-refractivity contribution in [1.82, 2.24) is 5.32 Å². The van der Waals surface area contributed by atoms with Crippen LogP contribution in [-0.4, -0.2) is 17.9 Å². The van der Waals surface area contributed by atoms with Crippen LogP contribution in [-0.2, 0) is 9.59 Å². The van der Waals surface area contributed by atoms with Crippen molar-refractivity contribution in [3.05, 3.63) is 23.8 Å². The Bertz CT molecular complexity index is 471. The minimum absolute atomic E-state index is 0.217. The van der Waals surface area contributed by atoms with E-state index in [1.54, 1.807) is 0 Å². The Balaban J connectivity index is 2.13. The maximum atomic E-state index is 11.6. The maximum absolute atomic E-state index is 11.6. The fourth-order valence-electron chi connectivity index (χ4n) is 1.83. The molecule has 5 heteroatoms. The Kier molecular flexibility index (Phi) is 2.99. The van der Waals surface area contributed by atoms with Crippen molar-refractivity contribution in [2.24, 2.45) is 0 Å². The monoisotopic (exact) mass is 233 g/mol. The number of amides is 2. The number of carbonyl (C=O) groups is 2. The number of aryl methyl sites for hydroxylation is 1. The number of hydrogen-bond donors (Lipinski definition) is 3. The predicted molar refractivity (Wildman–Crippen MR) is 65.4 cm³/mol. The summed E-state index contributed by atoms with van der Waals surface area (Å²) in [5, 5.41) is 5.37. The third kappa shape index (κ3) is 2.38. The molecule has 2 rings (SSSR count). The van der Waals surface area contributed by atoms with E-state index in [9.17, 15) is 9.59 Å². The van der Waals surface area contributed by atoms with Gasteiger partial charge in [0.25, 0.3) is 0 Å². The lowest BCUT2D eigenvalue weighted by atomic mass is 10.0. The summed E-state index contributed by atoms with van der Waals surface area (Å²) >= 11 is 0. The molecule has 0 saturated carbocycles. The molecule has 1 aromatic rings. The minimum Gasteiger partial charge on any atom is -0.397 e. The summed E-state index contributed by atoms with van der Waals surface area (Å²) in [4.78, 5) is 22.6. The molecule has 1 aliphatic heterocycles. The number of para-hydroxylation sites is 1. The summed E-state index contributed by atoms with van der Waals surface area (Å²) in [6, 6.07) is 5.22. The zero-order valence-corrected chi connectivity index (χ0v) is 9.62. The smallest absolute Gasteiger partial charge is 0.249 e. The predicted octanol–water partition coefficient (Wildman–Crippen LogP) is 0.794. The highest BCUT2D eigenvalue weighted by atomic mass is 16.2. The van der Waals surface area contributed by atoms with Crippen molar-refractivity contribution < 1.29 is 9.59 Å². The SMILES string of the molecule is Cc1cccc(NC2CCC(=O)NC2=O)c1N. The first kappa shape index (κ1) is 11.4. The van der Waals surface area contributed by atoms with E-state index in [1.165, 1.54) is 0 Å². The highest BCUT2D eigenvalue weighted by Gasteiger charge is 2.26. The van der Waals surface area contributed by atoms with Gasteiger partial charge in [0.2, 0.25) is 11.8 Å². The lowest BCUT2D eigenvalue weighted by Crippen LogP contribution is -2.47. The maximum Gasteiger partial charge on any atom is 0.249 e. The lowest BCUT2D eigenvalue weighted by Gasteiger charge is -2.23. The van der Waals surface area contributed by atoms with Crippen molar-refractivity contribution in [3.63, 3.8) is 0 Å². The van der Waals surface area contributed by atoms with E-state index in [0.717, 1.165) is 11.3 Å². The van der Waals surface area contributed by atoms with Crippen LogP contribution in [0.3, 0.4) is 0 Å². The van der Waals surface area contributed by atoms with Crippen molar-refractivity contribution in [3.8, 4) is 0 Å². The van der Waals surface area contributed by atoms with Crippen molar-refractivity contribution in [2.45, 2.75) is 25.8 Å². The largest absolute Gasteiger partial charge is 0.397 e. The number of piperidine rings is 1. The standard InChI is InChI=1S/C12H15N3O2/c1-7-3-2-4-8(11(7)13)14-9-5-6-10(16)15-12(9)17/h2-4,9,14H,5-6,13H2,1H3,(H,15,16,17). The van der Waals surface area contributed by atoms with Gasteiger partial charge >= 0.3 is 0 Å². The van der Waals surface area contributed by atoms with Gasteiger partial charge in [-0.1, -0.05) is 12.1 Å². The van der Waals surface area contributed by atoms with Crippen LogP contribution >= 0.6 is 0 Å². The van der Waals surface area contributed by atoms with Crippen LogP contribution in [0.15, 0.2) is 18.2 Å². The molecular formula is C12H15N3O2. The van der Waals surface area contributed by atoms with Crippen molar-refractivity contribution >= 4 is 23.2 Å². The topological polar surface area (TPSA) is 84.2 Å². The summed E-state index contributed by atoms with van der Waals surface area (Å²) < 4.78 is 0. The van der Waals surface area contributed by atoms with Gasteiger partial charge in [0.15, 0.2) is 0 Å². The summed E-state index contributed by atoms with van der Waals surface area (Å²) in [7, 11) is 0. The highest BCUT2D eigenvalue weighted by Crippen LogP contribution is 2.23. The Morgan fingerprint density at radius 3 is 2.88 bits per heavy atom. The molecule has 0 spiro atoms. The van der Waals surface area contributed by atoms with E-state index < -0.39 is 6.04 Å². The van der Waals surface area contributed by atoms with Crippen LogP contribution in [0.25, 0.3) is 0 Å². The first-order valence-corrected chi connectivity index (χ1v) is 5.53. The average Bonchev–Trinajstić information content (AvgIpc) is 2.28. The molecule has 0 bridgehead atoms. The number of carbonyl (C=O) groups excluding carboxylic acids is 2. The summed E-state index contributed by atoms with van der Waals surface area (Å²) in [5.74, 6) is -0.507. The Labute approximate surface area is 99.4 Å². The summed E-state index contributed by atoms with van der Waals surface area (Å²) in [6.45, 7) is 1.91. The van der Waals surface area contributed by atoms with Crippen LogP contribution in [0.1, 0.15) is 18.4 Å². The van der Waals surface area contributed by atoms with Gasteiger partial charge in [-0.15, -0.1) is 0 Å². The van der Waals surface area contributed by atoms with Crippen LogP contribution < -0.4 is 16.4 Å². The Morgan fingerprint density at radius 1 is 1.41 bits per heavy atom. The summed E-state index contributed by atoms with van der Waals surface area (Å²) in [6.07, 6.45) is 0.854. The van der Waals surface area contributed by atoms with E-state index in [4.69, 9.17) is 5.73 Å². The molecule has 1 unspecified atom stereocenters. The number of benzene rings is 1. The molecule has 0 aliphatic carbocycles. The second kappa shape index (κ2) is 4.45. The van der Waals surface area contributed by atoms with Crippen LogP contribution in [0.5, 0.6) is 0 Å². The fraction of sp³-hybridized carbons (Fsp3) is 0.333. The van der Waals surface area contributed by atoms with Gasteiger partial charge < -0.3 is 11.1 Å². The van der Waals surface area contributed by atoms with E-state index >= 15 is 0 Å². The normalized spacial score (nSPS) is 19.9. The molecule has 1 atom stereocenters. The van der Waals surface area contributed by atoms with Crippen molar-refractivity contribution in [2.75, 3.05) is 11.1 Å². The van der Waals surface area contributed by atoms with Gasteiger partial charge in [-0.25, -0.2) is 0 Å². The average molecular weight is 233 g/mol. The van der Waals surface area contributed by atoms with Crippen LogP contribution in [0.2, 0.25) is 0 Å². The Morgan fingerprint density at radius 2 is 2.18 bits per heavy atom.